The van der Waals surface area contributed by atoms with Gasteiger partial charge in [0.15, 0.2) is 0 Å². The standard InChI is InChI=1S/C18H34O2.C14H22O/c1-2-3-4-5-6-7-8-9-10-11-12-13-14-15-16-17-18(19)20;1-2-3-4-5-6-7-10-13-11-8-9-12-14(13)15/h9-10H,2-8,11-17H2,1H3,(H,19,20);8-9,11-12,15H,2-7,10H2,1H3. The van der Waals surface area contributed by atoms with E-state index >= 15 is 0 Å². The van der Waals surface area contributed by atoms with Gasteiger partial charge in [-0.25, -0.2) is 0 Å². The monoisotopic (exact) mass is 488 g/mol. The third-order valence-electron chi connectivity index (χ3n) is 6.44. The van der Waals surface area contributed by atoms with E-state index in [0.717, 1.165) is 24.8 Å². The summed E-state index contributed by atoms with van der Waals surface area (Å²) in [5.41, 5.74) is 1.09. The van der Waals surface area contributed by atoms with Crippen LogP contribution in [-0.4, -0.2) is 16.2 Å². The van der Waals surface area contributed by atoms with Crippen LogP contribution in [0.1, 0.15) is 148 Å². The lowest BCUT2D eigenvalue weighted by Gasteiger charge is -2.03. The summed E-state index contributed by atoms with van der Waals surface area (Å²) in [5.74, 6) is -0.214. The Bertz CT molecular complexity index is 609. The minimum Gasteiger partial charge on any atom is -0.508 e. The van der Waals surface area contributed by atoms with Crippen molar-refractivity contribution in [1.82, 2.24) is 0 Å². The van der Waals surface area contributed by atoms with Crippen molar-refractivity contribution in [2.24, 2.45) is 0 Å². The maximum atomic E-state index is 10.3. The number of hydrogen-bond acceptors (Lipinski definition) is 2. The lowest BCUT2D eigenvalue weighted by molar-refractivity contribution is -0.137. The van der Waals surface area contributed by atoms with Gasteiger partial charge < -0.3 is 10.2 Å². The molecule has 0 aliphatic heterocycles. The first-order chi connectivity index (χ1) is 17.1. The van der Waals surface area contributed by atoms with Crippen molar-refractivity contribution in [1.29, 1.82) is 0 Å². The normalized spacial score (nSPS) is 10.9. The number of hydrogen-bond donors (Lipinski definition) is 2. The van der Waals surface area contributed by atoms with Gasteiger partial charge in [0.25, 0.3) is 0 Å². The maximum absolute atomic E-state index is 10.3. The molecule has 0 saturated heterocycles. The van der Waals surface area contributed by atoms with Crippen LogP contribution in [0.2, 0.25) is 0 Å². The van der Waals surface area contributed by atoms with Crippen LogP contribution >= 0.6 is 0 Å². The van der Waals surface area contributed by atoms with Gasteiger partial charge in [-0.2, -0.15) is 0 Å². The number of carboxylic acid groups (broad SMARTS) is 1. The molecule has 0 fully saturated rings. The highest BCUT2D eigenvalue weighted by molar-refractivity contribution is 5.66. The Balaban J connectivity index is 0.000000686. The van der Waals surface area contributed by atoms with Gasteiger partial charge >= 0.3 is 5.97 Å². The second kappa shape index (κ2) is 26.8. The van der Waals surface area contributed by atoms with Crippen molar-refractivity contribution in [3.05, 3.63) is 42.0 Å². The summed E-state index contributed by atoms with van der Waals surface area (Å²) in [5, 5.41) is 18.1. The maximum Gasteiger partial charge on any atom is 0.303 e. The number of aliphatic carboxylic acids is 1. The van der Waals surface area contributed by atoms with E-state index in [9.17, 15) is 9.90 Å². The van der Waals surface area contributed by atoms with Gasteiger partial charge in [-0.05, 0) is 56.6 Å². The third-order valence-corrected chi connectivity index (χ3v) is 6.44. The molecule has 1 aromatic rings. The molecular formula is C32H56O3. The number of phenolic OH excluding ortho intramolecular Hbond substituents is 1. The van der Waals surface area contributed by atoms with Gasteiger partial charge in [-0.1, -0.05) is 128 Å². The molecule has 0 heterocycles. The molecule has 0 amide bonds. The first-order valence-corrected chi connectivity index (χ1v) is 14.7. The summed E-state index contributed by atoms with van der Waals surface area (Å²) >= 11 is 0. The number of aromatic hydroxyl groups is 1. The third kappa shape index (κ3) is 25.1. The van der Waals surface area contributed by atoms with Gasteiger partial charge in [0, 0.05) is 6.42 Å². The first-order valence-electron chi connectivity index (χ1n) is 14.7. The van der Waals surface area contributed by atoms with E-state index in [-0.39, 0.29) is 0 Å². The zero-order valence-electron chi connectivity index (χ0n) is 23.1. The summed E-state index contributed by atoms with van der Waals surface area (Å²) in [6, 6.07) is 7.65. The number of para-hydroxylation sites is 1. The van der Waals surface area contributed by atoms with E-state index in [1.807, 2.05) is 18.2 Å². The van der Waals surface area contributed by atoms with Crippen molar-refractivity contribution < 1.29 is 15.0 Å². The van der Waals surface area contributed by atoms with Crippen molar-refractivity contribution >= 4 is 5.97 Å². The second-order valence-corrected chi connectivity index (χ2v) is 9.87. The highest BCUT2D eigenvalue weighted by Gasteiger charge is 1.99. The minimum absolute atomic E-state index is 0.332. The second-order valence-electron chi connectivity index (χ2n) is 9.87. The van der Waals surface area contributed by atoms with Crippen LogP contribution in [-0.2, 0) is 11.2 Å². The van der Waals surface area contributed by atoms with Gasteiger partial charge in [-0.3, -0.25) is 4.79 Å². The molecule has 0 aliphatic rings. The molecule has 1 aromatic carbocycles. The highest BCUT2D eigenvalue weighted by atomic mass is 16.4. The fourth-order valence-electron chi connectivity index (χ4n) is 4.16. The van der Waals surface area contributed by atoms with Crippen molar-refractivity contribution in [3.8, 4) is 5.75 Å². The number of phenols is 1. The molecule has 202 valence electrons. The van der Waals surface area contributed by atoms with Crippen LogP contribution in [0.15, 0.2) is 36.4 Å². The molecule has 0 atom stereocenters. The molecule has 2 N–H and O–H groups in total. The molecule has 0 radical (unpaired) electrons. The Morgan fingerprint density at radius 3 is 1.63 bits per heavy atom. The Morgan fingerprint density at radius 2 is 1.11 bits per heavy atom. The molecule has 0 aromatic heterocycles. The topological polar surface area (TPSA) is 57.5 Å². The van der Waals surface area contributed by atoms with Crippen LogP contribution in [0.4, 0.5) is 0 Å². The summed E-state index contributed by atoms with van der Waals surface area (Å²) < 4.78 is 0. The number of rotatable bonds is 22. The SMILES string of the molecule is CCCCCCCCC=CCCCCCCCC(=O)O.CCCCCCCCc1ccccc1O. The van der Waals surface area contributed by atoms with Gasteiger partial charge in [0.1, 0.15) is 5.75 Å². The smallest absolute Gasteiger partial charge is 0.303 e. The van der Waals surface area contributed by atoms with Crippen LogP contribution in [0.25, 0.3) is 0 Å². The van der Waals surface area contributed by atoms with E-state index < -0.39 is 5.97 Å². The molecule has 0 spiro atoms. The number of carbonyl (C=O) groups is 1. The molecule has 3 nitrogen and oxygen atoms in total. The summed E-state index contributed by atoms with van der Waals surface area (Å²) in [7, 11) is 0. The number of benzene rings is 1. The molecule has 35 heavy (non-hydrogen) atoms. The Labute approximate surface area is 217 Å². The van der Waals surface area contributed by atoms with E-state index in [1.165, 1.54) is 109 Å². The van der Waals surface area contributed by atoms with Crippen LogP contribution < -0.4 is 0 Å². The Hall–Kier alpha value is -1.77. The van der Waals surface area contributed by atoms with Crippen LogP contribution in [0, 0.1) is 0 Å². The first kappa shape index (κ1) is 33.2. The van der Waals surface area contributed by atoms with Crippen molar-refractivity contribution in [3.63, 3.8) is 0 Å². The summed E-state index contributed by atoms with van der Waals surface area (Å²) in [6.45, 7) is 4.50. The van der Waals surface area contributed by atoms with Crippen LogP contribution in [0.5, 0.6) is 5.75 Å². The van der Waals surface area contributed by atoms with Crippen LogP contribution in [0.3, 0.4) is 0 Å². The van der Waals surface area contributed by atoms with Gasteiger partial charge in [-0.15, -0.1) is 0 Å². The number of unbranched alkanes of at least 4 members (excludes halogenated alkanes) is 16. The van der Waals surface area contributed by atoms with E-state index in [0.29, 0.717) is 12.2 Å². The number of aryl methyl sites for hydroxylation is 1. The number of carboxylic acids is 1. The summed E-state index contributed by atoms with van der Waals surface area (Å²) in [4.78, 5) is 10.3. The molecular weight excluding hydrogens is 432 g/mol. The van der Waals surface area contributed by atoms with Gasteiger partial charge in [0.2, 0.25) is 0 Å². The predicted molar refractivity (Wildman–Crippen MR) is 152 cm³/mol. The molecule has 0 saturated carbocycles. The Morgan fingerprint density at radius 1 is 0.657 bits per heavy atom. The van der Waals surface area contributed by atoms with E-state index in [2.05, 4.69) is 26.0 Å². The largest absolute Gasteiger partial charge is 0.508 e. The fraction of sp³-hybridized carbons (Fsp3) is 0.719. The zero-order valence-corrected chi connectivity index (χ0v) is 23.1. The molecule has 1 rings (SSSR count). The van der Waals surface area contributed by atoms with Crippen molar-refractivity contribution in [2.75, 3.05) is 0 Å². The minimum atomic E-state index is -0.664. The molecule has 0 aliphatic carbocycles. The average Bonchev–Trinajstić information content (AvgIpc) is 2.85. The van der Waals surface area contributed by atoms with Gasteiger partial charge in [0.05, 0.1) is 0 Å². The molecule has 0 bridgehead atoms. The Kier molecular flexibility index (Phi) is 25.5. The molecule has 3 heteroatoms. The highest BCUT2D eigenvalue weighted by Crippen LogP contribution is 2.18. The van der Waals surface area contributed by atoms with E-state index in [4.69, 9.17) is 5.11 Å². The zero-order chi connectivity index (χ0) is 25.8. The quantitative estimate of drug-likeness (QED) is 0.126. The van der Waals surface area contributed by atoms with Crippen molar-refractivity contribution in [2.45, 2.75) is 149 Å². The summed E-state index contributed by atoms with van der Waals surface area (Å²) in [6.07, 6.45) is 30.1. The lowest BCUT2D eigenvalue weighted by atomic mass is 10.0. The average molecular weight is 489 g/mol. The number of allylic oxidation sites excluding steroid dienone is 2. The molecule has 0 unspecified atom stereocenters. The predicted octanol–water partition coefficient (Wildman–Crippen LogP) is 10.4. The van der Waals surface area contributed by atoms with E-state index in [1.54, 1.807) is 6.07 Å². The lowest BCUT2D eigenvalue weighted by Crippen LogP contribution is -1.93. The fourth-order valence-corrected chi connectivity index (χ4v) is 4.16.